The van der Waals surface area contributed by atoms with E-state index in [-0.39, 0.29) is 18.4 Å². The van der Waals surface area contributed by atoms with Gasteiger partial charge in [-0.3, -0.25) is 9.59 Å². The van der Waals surface area contributed by atoms with E-state index in [9.17, 15) is 9.59 Å². The van der Waals surface area contributed by atoms with Crippen molar-refractivity contribution in [2.24, 2.45) is 5.92 Å². The van der Waals surface area contributed by atoms with Crippen LogP contribution in [-0.2, 0) is 9.53 Å². The number of hydrogen-bond donors (Lipinski definition) is 0. The molecule has 6 heteroatoms. The Morgan fingerprint density at radius 3 is 2.29 bits per heavy atom. The summed E-state index contributed by atoms with van der Waals surface area (Å²) < 4.78 is 11.1. The van der Waals surface area contributed by atoms with Crippen molar-refractivity contribution in [1.29, 1.82) is 0 Å². The number of hydrogen-bond acceptors (Lipinski definition) is 4. The maximum absolute atomic E-state index is 12.5. The van der Waals surface area contributed by atoms with Gasteiger partial charge in [-0.15, -0.1) is 0 Å². The zero-order valence-electron chi connectivity index (χ0n) is 16.9. The third-order valence-corrected chi connectivity index (χ3v) is 5.63. The molecule has 0 saturated carbocycles. The van der Waals surface area contributed by atoms with Gasteiger partial charge in [-0.05, 0) is 69.2 Å². The molecule has 0 bridgehead atoms. The normalized spacial score (nSPS) is 18.2. The molecular weight excluding hydrogens is 356 g/mol. The number of carbonyl (C=O) groups excluding carboxylic acids is 2. The van der Waals surface area contributed by atoms with Gasteiger partial charge in [0.05, 0.1) is 6.61 Å². The molecule has 2 amide bonds. The van der Waals surface area contributed by atoms with E-state index in [4.69, 9.17) is 9.47 Å². The minimum absolute atomic E-state index is 0.0789. The van der Waals surface area contributed by atoms with E-state index in [0.29, 0.717) is 19.1 Å². The standard InChI is InChI=1S/C22H32N2O4/c1-2-27-17-21(25)23-14-10-18(11-15-23)16-28-20-8-6-19(7-9-20)22(26)24-12-4-3-5-13-24/h6-9,18H,2-5,10-17H2,1H3. The van der Waals surface area contributed by atoms with Crippen LogP contribution in [0.3, 0.4) is 0 Å². The molecule has 2 saturated heterocycles. The second kappa shape index (κ2) is 10.5. The summed E-state index contributed by atoms with van der Waals surface area (Å²) >= 11 is 0. The summed E-state index contributed by atoms with van der Waals surface area (Å²) in [5.74, 6) is 1.45. The van der Waals surface area contributed by atoms with Crippen LogP contribution < -0.4 is 4.74 Å². The molecule has 1 aromatic rings. The molecule has 0 atom stereocenters. The predicted octanol–water partition coefficient (Wildman–Crippen LogP) is 2.97. The van der Waals surface area contributed by atoms with Gasteiger partial charge < -0.3 is 19.3 Å². The van der Waals surface area contributed by atoms with Crippen molar-refractivity contribution in [1.82, 2.24) is 9.80 Å². The van der Waals surface area contributed by atoms with E-state index in [1.807, 2.05) is 41.0 Å². The lowest BCUT2D eigenvalue weighted by Gasteiger charge is -2.31. The number of ether oxygens (including phenoxy) is 2. The van der Waals surface area contributed by atoms with Crippen LogP contribution in [0.5, 0.6) is 5.75 Å². The van der Waals surface area contributed by atoms with E-state index in [1.165, 1.54) is 6.42 Å². The molecule has 2 heterocycles. The number of carbonyl (C=O) groups is 2. The zero-order valence-corrected chi connectivity index (χ0v) is 16.9. The van der Waals surface area contributed by atoms with Gasteiger partial charge in [-0.1, -0.05) is 0 Å². The van der Waals surface area contributed by atoms with Crippen molar-refractivity contribution in [2.45, 2.75) is 39.0 Å². The second-order valence-corrected chi connectivity index (χ2v) is 7.65. The fourth-order valence-corrected chi connectivity index (χ4v) is 3.82. The summed E-state index contributed by atoms with van der Waals surface area (Å²) in [4.78, 5) is 28.3. The SMILES string of the molecule is CCOCC(=O)N1CCC(COc2ccc(C(=O)N3CCCCC3)cc2)CC1. The average Bonchev–Trinajstić information content (AvgIpc) is 2.77. The molecule has 0 radical (unpaired) electrons. The number of nitrogens with zero attached hydrogens (tertiary/aromatic N) is 2. The Morgan fingerprint density at radius 1 is 0.964 bits per heavy atom. The first-order valence-corrected chi connectivity index (χ1v) is 10.5. The van der Waals surface area contributed by atoms with Crippen LogP contribution in [0.2, 0.25) is 0 Å². The van der Waals surface area contributed by atoms with Gasteiger partial charge in [-0.25, -0.2) is 0 Å². The smallest absolute Gasteiger partial charge is 0.253 e. The number of benzene rings is 1. The summed E-state index contributed by atoms with van der Waals surface area (Å²) in [6.45, 7) is 6.55. The molecule has 0 spiro atoms. The molecule has 1 aromatic carbocycles. The van der Waals surface area contributed by atoms with Crippen LogP contribution >= 0.6 is 0 Å². The first kappa shape index (κ1) is 20.6. The molecule has 3 rings (SSSR count). The lowest BCUT2D eigenvalue weighted by Crippen LogP contribution is -2.41. The lowest BCUT2D eigenvalue weighted by molar-refractivity contribution is -0.137. The minimum Gasteiger partial charge on any atom is -0.493 e. The Hall–Kier alpha value is -2.08. The summed E-state index contributed by atoms with van der Waals surface area (Å²) in [6.07, 6.45) is 5.31. The van der Waals surface area contributed by atoms with Crippen LogP contribution in [0.25, 0.3) is 0 Å². The highest BCUT2D eigenvalue weighted by Crippen LogP contribution is 2.21. The molecule has 0 N–H and O–H groups in total. The van der Waals surface area contributed by atoms with E-state index in [1.54, 1.807) is 0 Å². The first-order valence-electron chi connectivity index (χ1n) is 10.5. The monoisotopic (exact) mass is 388 g/mol. The second-order valence-electron chi connectivity index (χ2n) is 7.65. The predicted molar refractivity (Wildman–Crippen MR) is 107 cm³/mol. The van der Waals surface area contributed by atoms with E-state index in [0.717, 1.165) is 63.2 Å². The number of likely N-dealkylation sites (tertiary alicyclic amines) is 2. The summed E-state index contributed by atoms with van der Waals surface area (Å²) in [5, 5.41) is 0. The van der Waals surface area contributed by atoms with Crippen molar-refractivity contribution in [3.8, 4) is 5.75 Å². The van der Waals surface area contributed by atoms with E-state index < -0.39 is 0 Å². The molecule has 2 aliphatic heterocycles. The lowest BCUT2D eigenvalue weighted by atomic mass is 9.98. The molecule has 0 unspecified atom stereocenters. The van der Waals surface area contributed by atoms with Gasteiger partial charge in [-0.2, -0.15) is 0 Å². The zero-order chi connectivity index (χ0) is 19.8. The quantitative estimate of drug-likeness (QED) is 0.721. The van der Waals surface area contributed by atoms with Gasteiger partial charge in [0.1, 0.15) is 12.4 Å². The first-order chi connectivity index (χ1) is 13.7. The average molecular weight is 389 g/mol. The van der Waals surface area contributed by atoms with Crippen molar-refractivity contribution in [3.05, 3.63) is 29.8 Å². The van der Waals surface area contributed by atoms with E-state index in [2.05, 4.69) is 0 Å². The molecule has 28 heavy (non-hydrogen) atoms. The topological polar surface area (TPSA) is 59.1 Å². The highest BCUT2D eigenvalue weighted by molar-refractivity contribution is 5.94. The molecule has 6 nitrogen and oxygen atoms in total. The Labute approximate surface area is 167 Å². The van der Waals surface area contributed by atoms with Gasteiger partial charge >= 0.3 is 0 Å². The fraction of sp³-hybridized carbons (Fsp3) is 0.636. The van der Waals surface area contributed by atoms with Gasteiger partial charge in [0.2, 0.25) is 5.91 Å². The Bertz CT molecular complexity index is 632. The number of piperidine rings is 2. The third kappa shape index (κ3) is 5.71. The summed E-state index contributed by atoms with van der Waals surface area (Å²) in [7, 11) is 0. The molecule has 2 fully saturated rings. The Morgan fingerprint density at radius 2 is 1.64 bits per heavy atom. The van der Waals surface area contributed by atoms with Crippen molar-refractivity contribution in [2.75, 3.05) is 46.0 Å². The molecule has 0 aromatic heterocycles. The van der Waals surface area contributed by atoms with Crippen molar-refractivity contribution >= 4 is 11.8 Å². The van der Waals surface area contributed by atoms with Gasteiger partial charge in [0.15, 0.2) is 0 Å². The van der Waals surface area contributed by atoms with Crippen LogP contribution in [0.4, 0.5) is 0 Å². The fourth-order valence-electron chi connectivity index (χ4n) is 3.82. The van der Waals surface area contributed by atoms with Gasteiger partial charge in [0, 0.05) is 38.3 Å². The minimum atomic E-state index is 0.0789. The summed E-state index contributed by atoms with van der Waals surface area (Å²) in [6, 6.07) is 7.50. The molecule has 154 valence electrons. The Balaban J connectivity index is 1.40. The highest BCUT2D eigenvalue weighted by Gasteiger charge is 2.23. The van der Waals surface area contributed by atoms with E-state index >= 15 is 0 Å². The van der Waals surface area contributed by atoms with Crippen LogP contribution in [0, 0.1) is 5.92 Å². The highest BCUT2D eigenvalue weighted by atomic mass is 16.5. The molecule has 0 aliphatic carbocycles. The molecular formula is C22H32N2O4. The van der Waals surface area contributed by atoms with Crippen LogP contribution in [0.15, 0.2) is 24.3 Å². The molecule has 2 aliphatic rings. The van der Waals surface area contributed by atoms with Crippen LogP contribution in [0.1, 0.15) is 49.4 Å². The summed E-state index contributed by atoms with van der Waals surface area (Å²) in [5.41, 5.74) is 0.732. The number of amides is 2. The van der Waals surface area contributed by atoms with Gasteiger partial charge in [0.25, 0.3) is 5.91 Å². The maximum Gasteiger partial charge on any atom is 0.253 e. The van der Waals surface area contributed by atoms with Crippen molar-refractivity contribution < 1.29 is 19.1 Å². The maximum atomic E-state index is 12.5. The Kier molecular flexibility index (Phi) is 7.71. The largest absolute Gasteiger partial charge is 0.493 e. The number of rotatable bonds is 7. The van der Waals surface area contributed by atoms with Crippen molar-refractivity contribution in [3.63, 3.8) is 0 Å². The van der Waals surface area contributed by atoms with Crippen LogP contribution in [-0.4, -0.2) is 67.6 Å². The third-order valence-electron chi connectivity index (χ3n) is 5.63.